The first kappa shape index (κ1) is 17.8. The highest BCUT2D eigenvalue weighted by atomic mass is 16.5. The van der Waals surface area contributed by atoms with Gasteiger partial charge in [0.1, 0.15) is 11.7 Å². The summed E-state index contributed by atoms with van der Waals surface area (Å²) in [6, 6.07) is 3.04. The maximum absolute atomic E-state index is 11.8. The number of aliphatic hydroxyl groups is 1. The number of aliphatic hydroxyl groups excluding tert-OH is 1. The number of carboxylic acid groups (broad SMARTS) is 1. The number of hydrogen-bond donors (Lipinski definition) is 2. The van der Waals surface area contributed by atoms with Crippen LogP contribution in [0.1, 0.15) is 25.0 Å². The van der Waals surface area contributed by atoms with Gasteiger partial charge in [-0.05, 0) is 24.6 Å². The van der Waals surface area contributed by atoms with Gasteiger partial charge in [-0.2, -0.15) is 0 Å². The molecule has 2 atom stereocenters. The molecule has 2 unspecified atom stereocenters. The second-order valence-corrected chi connectivity index (χ2v) is 4.70. The molecule has 0 amide bonds. The molecule has 7 heteroatoms. The number of ether oxygens (including phenoxy) is 3. The Hall–Kier alpha value is -2.28. The first-order valence-corrected chi connectivity index (χ1v) is 6.59. The smallest absolute Gasteiger partial charge is 0.313 e. The molecule has 0 aromatic heterocycles. The summed E-state index contributed by atoms with van der Waals surface area (Å²) in [7, 11) is 4.32. The Morgan fingerprint density at radius 2 is 1.59 bits per heavy atom. The van der Waals surface area contributed by atoms with Crippen LogP contribution in [0, 0.1) is 5.92 Å². The van der Waals surface area contributed by atoms with Crippen LogP contribution in [-0.4, -0.2) is 43.3 Å². The molecule has 0 fully saturated rings. The lowest BCUT2D eigenvalue weighted by Gasteiger charge is -2.17. The van der Waals surface area contributed by atoms with Crippen LogP contribution in [0.25, 0.3) is 0 Å². The van der Waals surface area contributed by atoms with E-state index >= 15 is 0 Å². The number of ketones is 1. The van der Waals surface area contributed by atoms with Gasteiger partial charge >= 0.3 is 5.97 Å². The van der Waals surface area contributed by atoms with Crippen LogP contribution in [0.4, 0.5) is 0 Å². The fourth-order valence-corrected chi connectivity index (χ4v) is 1.92. The molecule has 0 aliphatic carbocycles. The molecule has 7 nitrogen and oxygen atoms in total. The zero-order valence-corrected chi connectivity index (χ0v) is 13.0. The number of methoxy groups -OCH3 is 3. The summed E-state index contributed by atoms with van der Waals surface area (Å²) in [5.41, 5.74) is 0.375. The number of aliphatic carboxylic acids is 1. The molecule has 0 spiro atoms. The van der Waals surface area contributed by atoms with Gasteiger partial charge in [-0.1, -0.05) is 0 Å². The van der Waals surface area contributed by atoms with Crippen molar-refractivity contribution in [1.29, 1.82) is 0 Å². The van der Waals surface area contributed by atoms with E-state index in [-0.39, 0.29) is 6.42 Å². The molecule has 2 N–H and O–H groups in total. The molecule has 0 bridgehead atoms. The average molecular weight is 312 g/mol. The minimum atomic E-state index is -1.22. The van der Waals surface area contributed by atoms with Crippen LogP contribution < -0.4 is 14.2 Å². The summed E-state index contributed by atoms with van der Waals surface area (Å²) in [4.78, 5) is 22.6. The van der Waals surface area contributed by atoms with Crippen molar-refractivity contribution >= 4 is 11.8 Å². The molecule has 0 heterocycles. The molecule has 0 aliphatic rings. The number of carbonyl (C=O) groups excluding carboxylic acids is 1. The number of Topliss-reactive ketones (excluding diaryl/α,β-unsaturated/α-hetero) is 1. The van der Waals surface area contributed by atoms with E-state index in [4.69, 9.17) is 19.3 Å². The van der Waals surface area contributed by atoms with Crippen molar-refractivity contribution in [2.24, 2.45) is 5.92 Å². The summed E-state index contributed by atoms with van der Waals surface area (Å²) in [6.07, 6.45) is -1.48. The lowest BCUT2D eigenvalue weighted by Crippen LogP contribution is -2.22. The highest BCUT2D eigenvalue weighted by Crippen LogP contribution is 2.40. The van der Waals surface area contributed by atoms with Crippen LogP contribution in [0.5, 0.6) is 17.2 Å². The van der Waals surface area contributed by atoms with Crippen molar-refractivity contribution < 1.29 is 34.0 Å². The van der Waals surface area contributed by atoms with Gasteiger partial charge in [0, 0.05) is 6.42 Å². The Labute approximate surface area is 128 Å². The maximum Gasteiger partial charge on any atom is 0.313 e. The standard InChI is InChI=1S/C15H20O7/c1-8(15(18)19)10(16)7-11(17)9-5-12(20-2)14(22-4)13(6-9)21-3/h5-6,8,11,17H,7H2,1-4H3,(H,18,19). The predicted molar refractivity (Wildman–Crippen MR) is 77.5 cm³/mol. The zero-order chi connectivity index (χ0) is 16.9. The fraction of sp³-hybridized carbons (Fsp3) is 0.467. The third-order valence-electron chi connectivity index (χ3n) is 3.32. The summed E-state index contributed by atoms with van der Waals surface area (Å²) in [5, 5.41) is 19.0. The Kier molecular flexibility index (Phi) is 6.18. The van der Waals surface area contributed by atoms with Crippen molar-refractivity contribution in [3.63, 3.8) is 0 Å². The summed E-state index contributed by atoms with van der Waals surface area (Å²) in [5.74, 6) is -1.90. The maximum atomic E-state index is 11.8. The normalized spacial score (nSPS) is 13.1. The van der Waals surface area contributed by atoms with Crippen LogP contribution in [0.15, 0.2) is 12.1 Å². The largest absolute Gasteiger partial charge is 0.493 e. The highest BCUT2D eigenvalue weighted by Gasteiger charge is 2.25. The Balaban J connectivity index is 3.05. The van der Waals surface area contributed by atoms with Crippen LogP contribution in [-0.2, 0) is 9.59 Å². The first-order valence-electron chi connectivity index (χ1n) is 6.59. The molecule has 1 rings (SSSR count). The van der Waals surface area contributed by atoms with Crippen molar-refractivity contribution in [2.45, 2.75) is 19.4 Å². The van der Waals surface area contributed by atoms with Gasteiger partial charge in [0.05, 0.1) is 27.4 Å². The number of carbonyl (C=O) groups is 2. The van der Waals surface area contributed by atoms with Gasteiger partial charge in [0.15, 0.2) is 11.5 Å². The van der Waals surface area contributed by atoms with E-state index < -0.39 is 23.8 Å². The number of benzene rings is 1. The number of rotatable bonds is 8. The Bertz CT molecular complexity index is 528. The van der Waals surface area contributed by atoms with E-state index in [0.29, 0.717) is 22.8 Å². The van der Waals surface area contributed by atoms with E-state index in [1.807, 2.05) is 0 Å². The molecule has 0 saturated carbocycles. The van der Waals surface area contributed by atoms with Crippen LogP contribution >= 0.6 is 0 Å². The topological polar surface area (TPSA) is 102 Å². The zero-order valence-electron chi connectivity index (χ0n) is 13.0. The van der Waals surface area contributed by atoms with Crippen molar-refractivity contribution in [2.75, 3.05) is 21.3 Å². The molecule has 1 aromatic carbocycles. The predicted octanol–water partition coefficient (Wildman–Crippen LogP) is 1.43. The second-order valence-electron chi connectivity index (χ2n) is 4.70. The van der Waals surface area contributed by atoms with Gasteiger partial charge in [-0.25, -0.2) is 0 Å². The lowest BCUT2D eigenvalue weighted by molar-refractivity contribution is -0.146. The molecule has 0 aliphatic heterocycles. The molecule has 0 saturated heterocycles. The molecular weight excluding hydrogens is 292 g/mol. The third-order valence-corrected chi connectivity index (χ3v) is 3.32. The van der Waals surface area contributed by atoms with E-state index in [9.17, 15) is 14.7 Å². The highest BCUT2D eigenvalue weighted by molar-refractivity contribution is 5.97. The number of carboxylic acids is 1. The minimum Gasteiger partial charge on any atom is -0.493 e. The first-order chi connectivity index (χ1) is 10.3. The van der Waals surface area contributed by atoms with Gasteiger partial charge in [0.2, 0.25) is 5.75 Å². The molecular formula is C15H20O7. The summed E-state index contributed by atoms with van der Waals surface area (Å²) in [6.45, 7) is 1.28. The van der Waals surface area contributed by atoms with E-state index in [2.05, 4.69) is 0 Å². The van der Waals surface area contributed by atoms with E-state index in [1.54, 1.807) is 0 Å². The van der Waals surface area contributed by atoms with Gasteiger partial charge in [-0.15, -0.1) is 0 Å². The quantitative estimate of drug-likeness (QED) is 0.700. The second kappa shape index (κ2) is 7.65. The molecule has 122 valence electrons. The third kappa shape index (κ3) is 3.88. The van der Waals surface area contributed by atoms with Crippen molar-refractivity contribution in [1.82, 2.24) is 0 Å². The summed E-state index contributed by atoms with van der Waals surface area (Å²) < 4.78 is 15.5. The van der Waals surface area contributed by atoms with Crippen LogP contribution in [0.2, 0.25) is 0 Å². The molecule has 22 heavy (non-hydrogen) atoms. The Morgan fingerprint density at radius 1 is 1.09 bits per heavy atom. The van der Waals surface area contributed by atoms with Gasteiger partial charge < -0.3 is 24.4 Å². The fourth-order valence-electron chi connectivity index (χ4n) is 1.92. The summed E-state index contributed by atoms with van der Waals surface area (Å²) >= 11 is 0. The molecule has 1 aromatic rings. The minimum absolute atomic E-state index is 0.313. The SMILES string of the molecule is COc1cc(C(O)CC(=O)C(C)C(=O)O)cc(OC)c1OC. The average Bonchev–Trinajstić information content (AvgIpc) is 2.51. The monoisotopic (exact) mass is 312 g/mol. The van der Waals surface area contributed by atoms with Crippen molar-refractivity contribution in [3.8, 4) is 17.2 Å². The lowest BCUT2D eigenvalue weighted by atomic mass is 9.97. The Morgan fingerprint density at radius 3 is 1.95 bits per heavy atom. The van der Waals surface area contributed by atoms with Gasteiger partial charge in [0.25, 0.3) is 0 Å². The molecule has 0 radical (unpaired) electrons. The van der Waals surface area contributed by atoms with Gasteiger partial charge in [-0.3, -0.25) is 9.59 Å². The number of hydrogen-bond acceptors (Lipinski definition) is 6. The van der Waals surface area contributed by atoms with Crippen LogP contribution in [0.3, 0.4) is 0 Å². The van der Waals surface area contributed by atoms with Crippen molar-refractivity contribution in [3.05, 3.63) is 17.7 Å². The van der Waals surface area contributed by atoms with E-state index in [1.165, 1.54) is 40.4 Å². The van der Waals surface area contributed by atoms with E-state index in [0.717, 1.165) is 0 Å².